The van der Waals surface area contributed by atoms with Crippen LogP contribution in [0, 0.1) is 9.39 Å². The number of anilines is 2. The number of carbonyl (C=O) groups is 1. The van der Waals surface area contributed by atoms with Crippen molar-refractivity contribution < 1.29 is 9.18 Å². The molecule has 0 fully saturated rings. The fourth-order valence-corrected chi connectivity index (χ4v) is 2.02. The van der Waals surface area contributed by atoms with Gasteiger partial charge in [-0.15, -0.1) is 0 Å². The van der Waals surface area contributed by atoms with Crippen LogP contribution in [0.5, 0.6) is 0 Å². The zero-order valence-corrected chi connectivity index (χ0v) is 10.5. The zero-order chi connectivity index (χ0) is 11.2. The van der Waals surface area contributed by atoms with Crippen LogP contribution in [0.3, 0.4) is 0 Å². The summed E-state index contributed by atoms with van der Waals surface area (Å²) in [6, 6.07) is 2.83. The lowest BCUT2D eigenvalue weighted by atomic mass is 10.1. The van der Waals surface area contributed by atoms with E-state index in [0.29, 0.717) is 9.26 Å². The van der Waals surface area contributed by atoms with Crippen molar-refractivity contribution in [3.05, 3.63) is 21.5 Å². The van der Waals surface area contributed by atoms with Crippen molar-refractivity contribution in [2.45, 2.75) is 13.0 Å². The first-order valence-corrected chi connectivity index (χ1v) is 5.61. The molecule has 1 unspecified atom stereocenters. The molecule has 2 rings (SSSR count). The summed E-state index contributed by atoms with van der Waals surface area (Å²) in [7, 11) is 1.79. The maximum Gasteiger partial charge on any atom is 0.246 e. The predicted molar refractivity (Wildman–Crippen MR) is 65.6 cm³/mol. The number of hydrogen-bond donors (Lipinski definition) is 1. The molecule has 1 amide bonds. The first-order chi connectivity index (χ1) is 7.00. The molecule has 0 spiro atoms. The number of nitrogens with one attached hydrogen (secondary N) is 1. The number of amides is 1. The van der Waals surface area contributed by atoms with Crippen LogP contribution >= 0.6 is 22.6 Å². The van der Waals surface area contributed by atoms with Crippen molar-refractivity contribution in [2.75, 3.05) is 17.3 Å². The standard InChI is InChI=1S/C10H10FIN2O/c1-5-10(15)13-8-4-7(12)6(11)3-9(8)14(5)2/h3-5H,1-2H3,(H,13,15). The van der Waals surface area contributed by atoms with E-state index in [1.165, 1.54) is 6.07 Å². The number of benzene rings is 1. The van der Waals surface area contributed by atoms with Gasteiger partial charge in [-0.3, -0.25) is 4.79 Å². The zero-order valence-electron chi connectivity index (χ0n) is 8.34. The van der Waals surface area contributed by atoms with Gasteiger partial charge >= 0.3 is 0 Å². The number of fused-ring (bicyclic) bond motifs is 1. The molecule has 1 aromatic rings. The highest BCUT2D eigenvalue weighted by atomic mass is 127. The van der Waals surface area contributed by atoms with Crippen molar-refractivity contribution in [1.82, 2.24) is 0 Å². The fourth-order valence-electron chi connectivity index (χ4n) is 1.55. The van der Waals surface area contributed by atoms with E-state index in [1.54, 1.807) is 24.9 Å². The molecular formula is C10H10FIN2O. The SMILES string of the molecule is CC1C(=O)Nc2cc(I)c(F)cc2N1C. The molecule has 0 aromatic heterocycles. The average molecular weight is 320 g/mol. The van der Waals surface area contributed by atoms with Gasteiger partial charge in [0.15, 0.2) is 0 Å². The molecule has 5 heteroatoms. The summed E-state index contributed by atoms with van der Waals surface area (Å²) in [5.74, 6) is -0.322. The van der Waals surface area contributed by atoms with Crippen LogP contribution in [-0.4, -0.2) is 19.0 Å². The quantitative estimate of drug-likeness (QED) is 0.744. The minimum absolute atomic E-state index is 0.0626. The molecule has 1 aromatic carbocycles. The summed E-state index contributed by atoms with van der Waals surface area (Å²) in [6.07, 6.45) is 0. The average Bonchev–Trinajstić information content (AvgIpc) is 2.19. The van der Waals surface area contributed by atoms with Crippen LogP contribution in [-0.2, 0) is 4.79 Å². The topological polar surface area (TPSA) is 32.3 Å². The molecule has 0 saturated carbocycles. The van der Waals surface area contributed by atoms with E-state index < -0.39 is 0 Å². The van der Waals surface area contributed by atoms with Crippen LogP contribution in [0.15, 0.2) is 12.1 Å². The normalized spacial score (nSPS) is 19.9. The van der Waals surface area contributed by atoms with Crippen molar-refractivity contribution in [1.29, 1.82) is 0 Å². The highest BCUT2D eigenvalue weighted by molar-refractivity contribution is 14.1. The van der Waals surface area contributed by atoms with Crippen molar-refractivity contribution >= 4 is 39.9 Å². The second kappa shape index (κ2) is 3.62. The maximum absolute atomic E-state index is 13.4. The van der Waals surface area contributed by atoms with Crippen molar-refractivity contribution in [3.63, 3.8) is 0 Å². The summed E-state index contributed by atoms with van der Waals surface area (Å²) in [6.45, 7) is 1.79. The predicted octanol–water partition coefficient (Wildman–Crippen LogP) is 2.21. The summed E-state index contributed by atoms with van der Waals surface area (Å²) in [5, 5.41) is 2.76. The van der Waals surface area contributed by atoms with E-state index in [0.717, 1.165) is 5.69 Å². The minimum Gasteiger partial charge on any atom is -0.361 e. The third-order valence-electron chi connectivity index (χ3n) is 2.64. The number of likely N-dealkylation sites (N-methyl/N-ethyl adjacent to an activating group) is 1. The number of nitrogens with zero attached hydrogens (tertiary/aromatic N) is 1. The molecule has 3 nitrogen and oxygen atoms in total. The minimum atomic E-state index is -0.267. The molecule has 1 aliphatic heterocycles. The van der Waals surface area contributed by atoms with Crippen LogP contribution in [0.1, 0.15) is 6.92 Å². The maximum atomic E-state index is 13.4. The molecule has 1 N–H and O–H groups in total. The Morgan fingerprint density at radius 3 is 2.87 bits per heavy atom. The van der Waals surface area contributed by atoms with E-state index in [9.17, 15) is 9.18 Å². The molecule has 15 heavy (non-hydrogen) atoms. The van der Waals surface area contributed by atoms with Crippen molar-refractivity contribution in [2.24, 2.45) is 0 Å². The van der Waals surface area contributed by atoms with Gasteiger partial charge < -0.3 is 10.2 Å². The largest absolute Gasteiger partial charge is 0.361 e. The van der Waals surface area contributed by atoms with Gasteiger partial charge in [-0.25, -0.2) is 4.39 Å². The van der Waals surface area contributed by atoms with Gasteiger partial charge in [0.1, 0.15) is 11.9 Å². The lowest BCUT2D eigenvalue weighted by Crippen LogP contribution is -2.43. The van der Waals surface area contributed by atoms with Crippen LogP contribution in [0.25, 0.3) is 0 Å². The highest BCUT2D eigenvalue weighted by Crippen LogP contribution is 2.33. The first-order valence-electron chi connectivity index (χ1n) is 4.53. The molecule has 1 aliphatic rings. The Kier molecular flexibility index (Phi) is 2.57. The fraction of sp³-hybridized carbons (Fsp3) is 0.300. The Morgan fingerprint density at radius 1 is 1.53 bits per heavy atom. The second-order valence-electron chi connectivity index (χ2n) is 3.56. The molecular weight excluding hydrogens is 310 g/mol. The monoisotopic (exact) mass is 320 g/mol. The Hall–Kier alpha value is -0.850. The van der Waals surface area contributed by atoms with E-state index >= 15 is 0 Å². The van der Waals surface area contributed by atoms with E-state index in [4.69, 9.17) is 0 Å². The summed E-state index contributed by atoms with van der Waals surface area (Å²) < 4.78 is 13.9. The highest BCUT2D eigenvalue weighted by Gasteiger charge is 2.27. The molecule has 80 valence electrons. The van der Waals surface area contributed by atoms with Crippen molar-refractivity contribution in [3.8, 4) is 0 Å². The molecule has 1 atom stereocenters. The Bertz CT molecular complexity index is 436. The molecule has 0 bridgehead atoms. The van der Waals surface area contributed by atoms with E-state index in [2.05, 4.69) is 5.32 Å². The lowest BCUT2D eigenvalue weighted by Gasteiger charge is -2.33. The van der Waals surface area contributed by atoms with Crippen LogP contribution in [0.4, 0.5) is 15.8 Å². The van der Waals surface area contributed by atoms with Gasteiger partial charge in [-0.2, -0.15) is 0 Å². The Balaban J connectivity index is 2.56. The Labute approximate surface area is 101 Å². The van der Waals surface area contributed by atoms with Gasteiger partial charge in [-0.1, -0.05) is 0 Å². The lowest BCUT2D eigenvalue weighted by molar-refractivity contribution is -0.117. The van der Waals surface area contributed by atoms with Gasteiger partial charge in [0.05, 0.1) is 14.9 Å². The van der Waals surface area contributed by atoms with Gasteiger partial charge in [0.2, 0.25) is 5.91 Å². The molecule has 0 saturated heterocycles. The molecule has 0 radical (unpaired) electrons. The molecule has 1 heterocycles. The van der Waals surface area contributed by atoms with Gasteiger partial charge in [0.25, 0.3) is 0 Å². The summed E-state index contributed by atoms with van der Waals surface area (Å²) in [4.78, 5) is 13.3. The smallest absolute Gasteiger partial charge is 0.246 e. The van der Waals surface area contributed by atoms with Gasteiger partial charge in [0, 0.05) is 13.1 Å². The summed E-state index contributed by atoms with van der Waals surface area (Å²) >= 11 is 1.91. The number of rotatable bonds is 0. The number of hydrogen-bond acceptors (Lipinski definition) is 2. The van der Waals surface area contributed by atoms with Gasteiger partial charge in [-0.05, 0) is 35.6 Å². The Morgan fingerprint density at radius 2 is 2.20 bits per heavy atom. The van der Waals surface area contributed by atoms with Crippen LogP contribution < -0.4 is 10.2 Å². The third-order valence-corrected chi connectivity index (χ3v) is 3.46. The first kappa shape index (κ1) is 10.7. The van der Waals surface area contributed by atoms with E-state index in [-0.39, 0.29) is 17.8 Å². The number of carbonyl (C=O) groups excluding carboxylic acids is 1. The molecule has 0 aliphatic carbocycles. The number of halogens is 2. The third kappa shape index (κ3) is 1.68. The van der Waals surface area contributed by atoms with Crippen LogP contribution in [0.2, 0.25) is 0 Å². The van der Waals surface area contributed by atoms with E-state index in [1.807, 2.05) is 22.6 Å². The summed E-state index contributed by atoms with van der Waals surface area (Å²) in [5.41, 5.74) is 1.39. The second-order valence-corrected chi connectivity index (χ2v) is 4.72.